The van der Waals surface area contributed by atoms with Crippen LogP contribution in [0.1, 0.15) is 10.5 Å². The molecule has 1 heterocycles. The van der Waals surface area contributed by atoms with E-state index in [1.807, 2.05) is 0 Å². The predicted molar refractivity (Wildman–Crippen MR) is 61.1 cm³/mol. The standard InChI is InChI=1S/C9H13F3N6O2/c1-13-8(19)6-7(15-5-14-6)16-17-18(2)3-4-20-9(10,11)12/h5H,3-4H2,1-2H3,(H,13,19)(H,14,15)/b17-16+. The highest BCUT2D eigenvalue weighted by Crippen LogP contribution is 2.16. The minimum Gasteiger partial charge on any atom is -0.354 e. The molecule has 1 amide bonds. The summed E-state index contributed by atoms with van der Waals surface area (Å²) in [7, 11) is 2.85. The molecular formula is C9H13F3N6O2. The Morgan fingerprint density at radius 3 is 2.90 bits per heavy atom. The molecule has 0 aliphatic carbocycles. The molecule has 112 valence electrons. The van der Waals surface area contributed by atoms with E-state index in [2.05, 4.69) is 30.4 Å². The van der Waals surface area contributed by atoms with Crippen LogP contribution in [0.5, 0.6) is 0 Å². The van der Waals surface area contributed by atoms with E-state index < -0.39 is 18.9 Å². The third-order valence-electron chi connectivity index (χ3n) is 2.05. The van der Waals surface area contributed by atoms with Gasteiger partial charge >= 0.3 is 6.36 Å². The number of nitrogens with one attached hydrogen (secondary N) is 2. The minimum absolute atomic E-state index is 0.0351. The number of alkyl halides is 3. The van der Waals surface area contributed by atoms with E-state index in [0.29, 0.717) is 0 Å². The average Bonchev–Trinajstić information content (AvgIpc) is 2.82. The van der Waals surface area contributed by atoms with Crippen molar-refractivity contribution in [2.45, 2.75) is 6.36 Å². The van der Waals surface area contributed by atoms with Gasteiger partial charge in [-0.3, -0.25) is 14.5 Å². The summed E-state index contributed by atoms with van der Waals surface area (Å²) in [4.78, 5) is 17.7. The SMILES string of the molecule is CNC(=O)c1[nH]cnc1/N=N/N(C)CCOC(F)(F)F. The summed E-state index contributed by atoms with van der Waals surface area (Å²) >= 11 is 0. The van der Waals surface area contributed by atoms with E-state index in [9.17, 15) is 18.0 Å². The summed E-state index contributed by atoms with van der Waals surface area (Å²) in [6.45, 7) is -0.704. The smallest absolute Gasteiger partial charge is 0.354 e. The second-order valence-electron chi connectivity index (χ2n) is 3.55. The zero-order valence-corrected chi connectivity index (χ0v) is 10.7. The quantitative estimate of drug-likeness (QED) is 0.609. The molecule has 0 saturated heterocycles. The van der Waals surface area contributed by atoms with Crippen molar-refractivity contribution >= 4 is 11.7 Å². The van der Waals surface area contributed by atoms with Crippen LogP contribution < -0.4 is 5.32 Å². The second-order valence-corrected chi connectivity index (χ2v) is 3.55. The number of H-pyrrole nitrogens is 1. The molecule has 0 aliphatic rings. The first-order chi connectivity index (χ1) is 9.33. The molecule has 0 saturated carbocycles. The number of nitrogens with zero attached hydrogens (tertiary/aromatic N) is 4. The number of imidazole rings is 1. The van der Waals surface area contributed by atoms with Gasteiger partial charge in [0.05, 0.1) is 19.5 Å². The zero-order chi connectivity index (χ0) is 15.2. The van der Waals surface area contributed by atoms with Crippen LogP contribution >= 0.6 is 0 Å². The summed E-state index contributed by atoms with van der Waals surface area (Å²) in [5, 5.41) is 10.8. The predicted octanol–water partition coefficient (Wildman–Crippen LogP) is 1.24. The first-order valence-electron chi connectivity index (χ1n) is 5.42. The molecule has 0 fully saturated rings. The summed E-state index contributed by atoms with van der Waals surface area (Å²) in [6.07, 6.45) is -3.42. The molecule has 20 heavy (non-hydrogen) atoms. The average molecular weight is 294 g/mol. The van der Waals surface area contributed by atoms with Crippen molar-refractivity contribution in [3.8, 4) is 0 Å². The topological polar surface area (TPSA) is 95.0 Å². The van der Waals surface area contributed by atoms with Crippen molar-refractivity contribution < 1.29 is 22.7 Å². The largest absolute Gasteiger partial charge is 0.522 e. The molecule has 2 N–H and O–H groups in total. The van der Waals surface area contributed by atoms with Gasteiger partial charge in [-0.25, -0.2) is 4.98 Å². The Labute approximate surface area is 112 Å². The first kappa shape index (κ1) is 15.9. The van der Waals surface area contributed by atoms with Crippen LogP contribution in [0.3, 0.4) is 0 Å². The number of halogens is 3. The number of hydrogen-bond donors (Lipinski definition) is 2. The molecule has 0 spiro atoms. The molecule has 0 aliphatic heterocycles. The second kappa shape index (κ2) is 6.84. The minimum atomic E-state index is -4.67. The first-order valence-corrected chi connectivity index (χ1v) is 5.42. The van der Waals surface area contributed by atoms with Crippen molar-refractivity contribution in [1.29, 1.82) is 0 Å². The van der Waals surface area contributed by atoms with Crippen LogP contribution in [0, 0.1) is 0 Å². The third kappa shape index (κ3) is 5.22. The van der Waals surface area contributed by atoms with E-state index in [1.54, 1.807) is 0 Å². The normalized spacial score (nSPS) is 11.8. The van der Waals surface area contributed by atoms with Crippen molar-refractivity contribution in [3.63, 3.8) is 0 Å². The molecule has 0 unspecified atom stereocenters. The number of rotatable bonds is 6. The maximum Gasteiger partial charge on any atom is 0.522 e. The molecule has 0 bridgehead atoms. The Morgan fingerprint density at radius 2 is 2.30 bits per heavy atom. The van der Waals surface area contributed by atoms with Crippen LogP contribution in [-0.2, 0) is 4.74 Å². The summed E-state index contributed by atoms with van der Waals surface area (Å²) in [5.41, 5.74) is 0.108. The highest BCUT2D eigenvalue weighted by molar-refractivity contribution is 5.95. The number of carbonyl (C=O) groups excluding carboxylic acids is 1. The van der Waals surface area contributed by atoms with Gasteiger partial charge in [0.25, 0.3) is 5.91 Å². The van der Waals surface area contributed by atoms with E-state index in [-0.39, 0.29) is 18.1 Å². The van der Waals surface area contributed by atoms with Crippen molar-refractivity contribution in [2.24, 2.45) is 10.3 Å². The number of aromatic amines is 1. The fourth-order valence-corrected chi connectivity index (χ4v) is 1.11. The number of hydrogen-bond acceptors (Lipinski definition) is 5. The summed E-state index contributed by atoms with van der Waals surface area (Å²) in [6, 6.07) is 0. The van der Waals surface area contributed by atoms with Crippen LogP contribution in [-0.4, -0.2) is 54.5 Å². The Hall–Kier alpha value is -2.17. The van der Waals surface area contributed by atoms with Gasteiger partial charge in [-0.2, -0.15) is 0 Å². The van der Waals surface area contributed by atoms with Gasteiger partial charge in [0, 0.05) is 14.1 Å². The lowest BCUT2D eigenvalue weighted by Gasteiger charge is -2.12. The van der Waals surface area contributed by atoms with Gasteiger partial charge in [0.1, 0.15) is 0 Å². The summed E-state index contributed by atoms with van der Waals surface area (Å²) in [5.74, 6) is -0.396. The van der Waals surface area contributed by atoms with Gasteiger partial charge < -0.3 is 10.3 Å². The lowest BCUT2D eigenvalue weighted by atomic mass is 10.4. The number of likely N-dealkylation sites (N-methyl/N-ethyl adjacent to an activating group) is 1. The third-order valence-corrected chi connectivity index (χ3v) is 2.05. The van der Waals surface area contributed by atoms with Gasteiger partial charge in [0.2, 0.25) is 5.82 Å². The van der Waals surface area contributed by atoms with E-state index in [0.717, 1.165) is 5.01 Å². The Balaban J connectivity index is 2.51. The zero-order valence-electron chi connectivity index (χ0n) is 10.7. The van der Waals surface area contributed by atoms with E-state index >= 15 is 0 Å². The Bertz CT molecular complexity index is 472. The van der Waals surface area contributed by atoms with Crippen molar-refractivity contribution in [1.82, 2.24) is 20.3 Å². The molecular weight excluding hydrogens is 281 g/mol. The Kier molecular flexibility index (Phi) is 5.43. The van der Waals surface area contributed by atoms with Crippen molar-refractivity contribution in [2.75, 3.05) is 27.2 Å². The highest BCUT2D eigenvalue weighted by Gasteiger charge is 2.28. The molecule has 1 aromatic heterocycles. The number of ether oxygens (including phenoxy) is 1. The number of aromatic nitrogens is 2. The molecule has 0 aromatic carbocycles. The van der Waals surface area contributed by atoms with Crippen molar-refractivity contribution in [3.05, 3.63) is 12.0 Å². The van der Waals surface area contributed by atoms with Crippen LogP contribution in [0.15, 0.2) is 16.7 Å². The van der Waals surface area contributed by atoms with Crippen LogP contribution in [0.2, 0.25) is 0 Å². The Morgan fingerprint density at radius 1 is 1.60 bits per heavy atom. The molecule has 0 atom stereocenters. The summed E-state index contributed by atoms with van der Waals surface area (Å²) < 4.78 is 38.8. The van der Waals surface area contributed by atoms with Gasteiger partial charge in [-0.05, 0) is 0 Å². The molecule has 1 aromatic rings. The number of carbonyl (C=O) groups is 1. The monoisotopic (exact) mass is 294 g/mol. The molecule has 11 heteroatoms. The van der Waals surface area contributed by atoms with E-state index in [1.165, 1.54) is 20.4 Å². The fourth-order valence-electron chi connectivity index (χ4n) is 1.11. The van der Waals surface area contributed by atoms with E-state index in [4.69, 9.17) is 0 Å². The highest BCUT2D eigenvalue weighted by atomic mass is 19.4. The van der Waals surface area contributed by atoms with Crippen LogP contribution in [0.4, 0.5) is 19.0 Å². The van der Waals surface area contributed by atoms with Gasteiger partial charge in [0.15, 0.2) is 5.69 Å². The molecule has 0 radical (unpaired) electrons. The maximum absolute atomic E-state index is 11.7. The van der Waals surface area contributed by atoms with Gasteiger partial charge in [-0.15, -0.1) is 18.3 Å². The van der Waals surface area contributed by atoms with Crippen LogP contribution in [0.25, 0.3) is 0 Å². The van der Waals surface area contributed by atoms with Gasteiger partial charge in [-0.1, -0.05) is 5.22 Å². The number of amides is 1. The molecule has 1 rings (SSSR count). The maximum atomic E-state index is 11.7. The lowest BCUT2D eigenvalue weighted by molar-refractivity contribution is -0.324. The fraction of sp³-hybridized carbons (Fsp3) is 0.556. The lowest BCUT2D eigenvalue weighted by Crippen LogP contribution is -2.22. The molecule has 8 nitrogen and oxygen atoms in total.